The van der Waals surface area contributed by atoms with Gasteiger partial charge in [0.25, 0.3) is 0 Å². The molecule has 0 radical (unpaired) electrons. The van der Waals surface area contributed by atoms with Crippen LogP contribution in [-0.2, 0) is 0 Å². The van der Waals surface area contributed by atoms with Crippen molar-refractivity contribution in [1.29, 1.82) is 10.5 Å². The van der Waals surface area contributed by atoms with Gasteiger partial charge in [0, 0.05) is 10.6 Å². The summed E-state index contributed by atoms with van der Waals surface area (Å²) in [5.41, 5.74) is 1.04. The van der Waals surface area contributed by atoms with E-state index in [1.807, 2.05) is 36.4 Å². The topological polar surface area (TPSA) is 59.6 Å². The van der Waals surface area contributed by atoms with Crippen molar-refractivity contribution >= 4 is 21.0 Å². The summed E-state index contributed by atoms with van der Waals surface area (Å²) in [6, 6.07) is 11.7. The third-order valence-electron chi connectivity index (χ3n) is 2.01. The van der Waals surface area contributed by atoms with E-state index in [1.165, 1.54) is 0 Å². The van der Waals surface area contributed by atoms with Gasteiger partial charge in [0.2, 0.25) is 0 Å². The van der Waals surface area contributed by atoms with Crippen LogP contribution in [0.5, 0.6) is 0 Å². The van der Waals surface area contributed by atoms with Crippen molar-refractivity contribution < 1.29 is 0 Å². The van der Waals surface area contributed by atoms with Gasteiger partial charge in [-0.15, -0.1) is 10.5 Å². The second-order valence-corrected chi connectivity index (χ2v) is 4.68. The van der Waals surface area contributed by atoms with E-state index >= 15 is 0 Å². The smallest absolute Gasteiger partial charge is 0.159 e. The number of anilines is 1. The maximum absolute atomic E-state index is 8.78. The molecule has 1 unspecified atom stereocenters. The lowest BCUT2D eigenvalue weighted by Crippen LogP contribution is -1.94. The minimum absolute atomic E-state index is 0.308. The van der Waals surface area contributed by atoms with Gasteiger partial charge >= 0.3 is 0 Å². The molecule has 1 aromatic carbocycles. The van der Waals surface area contributed by atoms with E-state index in [-0.39, 0.29) is 10.5 Å². The fraction of sp³-hybridized carbons (Fsp3) is 0.100. The lowest BCUT2D eigenvalue weighted by atomic mass is 10.3. The lowest BCUT2D eigenvalue weighted by Gasteiger charge is -1.98. The first-order chi connectivity index (χ1) is 6.86. The molecular formula is C10H7N3S. The minimum atomic E-state index is -0.357. The second-order valence-electron chi connectivity index (χ2n) is 2.76. The van der Waals surface area contributed by atoms with Gasteiger partial charge in [-0.3, -0.25) is 0 Å². The van der Waals surface area contributed by atoms with Gasteiger partial charge in [-0.2, -0.15) is 10.5 Å². The molecule has 1 aliphatic heterocycles. The zero-order valence-corrected chi connectivity index (χ0v) is 8.14. The number of benzene rings is 1. The van der Waals surface area contributed by atoms with Crippen LogP contribution in [0.2, 0.25) is 0 Å². The van der Waals surface area contributed by atoms with Gasteiger partial charge < -0.3 is 5.32 Å². The Morgan fingerprint density at radius 2 is 2.00 bits per heavy atom. The molecule has 0 aliphatic carbocycles. The van der Waals surface area contributed by atoms with Crippen LogP contribution in [0.3, 0.4) is 0 Å². The molecule has 0 fully saturated rings. The van der Waals surface area contributed by atoms with Crippen LogP contribution in [0.15, 0.2) is 29.2 Å². The molecule has 2 rings (SSSR count). The number of rotatable bonds is 0. The van der Waals surface area contributed by atoms with Crippen molar-refractivity contribution in [1.82, 2.24) is 0 Å². The van der Waals surface area contributed by atoms with E-state index in [2.05, 4.69) is 5.32 Å². The van der Waals surface area contributed by atoms with Crippen molar-refractivity contribution in [2.24, 2.45) is 0 Å². The third kappa shape index (κ3) is 1.26. The predicted octanol–water partition coefficient (Wildman–Crippen LogP) is 1.92. The summed E-state index contributed by atoms with van der Waals surface area (Å²) in [6.45, 7) is 0. The van der Waals surface area contributed by atoms with Gasteiger partial charge in [-0.1, -0.05) is 12.1 Å². The molecule has 0 spiro atoms. The second kappa shape index (κ2) is 3.53. The van der Waals surface area contributed by atoms with Crippen LogP contribution in [-0.4, -0.2) is 10.7 Å². The first kappa shape index (κ1) is 8.80. The van der Waals surface area contributed by atoms with Gasteiger partial charge in [0.1, 0.15) is 12.1 Å². The summed E-state index contributed by atoms with van der Waals surface area (Å²) in [4.78, 5) is 1.38. The summed E-state index contributed by atoms with van der Waals surface area (Å²) in [5.74, 6) is 0.676. The molecule has 0 amide bonds. The van der Waals surface area contributed by atoms with Crippen molar-refractivity contribution in [3.05, 3.63) is 24.3 Å². The highest BCUT2D eigenvalue weighted by Gasteiger charge is 2.17. The predicted molar refractivity (Wildman–Crippen MR) is 57.0 cm³/mol. The van der Waals surface area contributed by atoms with Gasteiger partial charge in [0.05, 0.1) is 5.88 Å². The highest BCUT2D eigenvalue weighted by Crippen LogP contribution is 2.39. The quantitative estimate of drug-likeness (QED) is 0.652. The minimum Gasteiger partial charge on any atom is -0.375 e. The molecule has 1 N–H and O–H groups in total. The van der Waals surface area contributed by atoms with E-state index in [9.17, 15) is 0 Å². The number of nitrogens with one attached hydrogen (secondary N) is 1. The Labute approximate surface area is 84.5 Å². The van der Waals surface area contributed by atoms with Crippen molar-refractivity contribution in [3.8, 4) is 12.1 Å². The Bertz CT molecular complexity index is 475. The number of fused-ring (bicyclic) bond motifs is 1. The number of para-hydroxylation sites is 1. The molecule has 1 aromatic rings. The summed E-state index contributed by atoms with van der Waals surface area (Å²) in [5, 5.41) is 20.8. The summed E-state index contributed by atoms with van der Waals surface area (Å²) in [6.07, 6.45) is 0. The first-order valence-corrected chi connectivity index (χ1v) is 5.47. The molecule has 3 nitrogen and oxygen atoms in total. The van der Waals surface area contributed by atoms with Crippen molar-refractivity contribution in [2.45, 2.75) is 4.90 Å². The molecule has 0 bridgehead atoms. The summed E-state index contributed by atoms with van der Waals surface area (Å²) < 4.78 is 0. The maximum Gasteiger partial charge on any atom is 0.159 e. The third-order valence-corrected chi connectivity index (χ3v) is 4.00. The van der Waals surface area contributed by atoms with Crippen molar-refractivity contribution in [3.63, 3.8) is 0 Å². The molecule has 68 valence electrons. The number of nitriles is 2. The molecule has 1 aliphatic rings. The fourth-order valence-corrected chi connectivity index (χ4v) is 3.06. The highest BCUT2D eigenvalue weighted by molar-refractivity contribution is 8.17. The largest absolute Gasteiger partial charge is 0.375 e. The fourth-order valence-electron chi connectivity index (χ4n) is 1.37. The van der Waals surface area contributed by atoms with Crippen LogP contribution in [0, 0.1) is 22.7 Å². The monoisotopic (exact) mass is 201 g/mol. The Kier molecular flexibility index (Phi) is 2.22. The zero-order valence-electron chi connectivity index (χ0n) is 7.32. The molecule has 0 aromatic heterocycles. The van der Waals surface area contributed by atoms with Crippen LogP contribution in [0.4, 0.5) is 5.69 Å². The summed E-state index contributed by atoms with van der Waals surface area (Å²) in [7, 11) is -0.357. The SMILES string of the molecule is N#CC(C#N)=S1CNc2ccccc21. The Morgan fingerprint density at radius 1 is 1.29 bits per heavy atom. The van der Waals surface area contributed by atoms with E-state index in [0.29, 0.717) is 10.7 Å². The highest BCUT2D eigenvalue weighted by atomic mass is 32.2. The number of hydrogen-bond donors (Lipinski definition) is 1. The van der Waals surface area contributed by atoms with Crippen molar-refractivity contribution in [2.75, 3.05) is 11.2 Å². The Morgan fingerprint density at radius 3 is 2.71 bits per heavy atom. The van der Waals surface area contributed by atoms with Crippen LogP contribution >= 0.6 is 10.5 Å². The Hall–Kier alpha value is -1.78. The Balaban J connectivity index is 2.62. The molecule has 14 heavy (non-hydrogen) atoms. The molecule has 0 saturated heterocycles. The van der Waals surface area contributed by atoms with E-state index in [4.69, 9.17) is 10.5 Å². The van der Waals surface area contributed by atoms with Gasteiger partial charge in [-0.25, -0.2) is 0 Å². The average molecular weight is 201 g/mol. The summed E-state index contributed by atoms with van der Waals surface area (Å²) >= 11 is 0. The number of nitrogens with zero attached hydrogens (tertiary/aromatic N) is 2. The van der Waals surface area contributed by atoms with Crippen LogP contribution in [0.25, 0.3) is 0 Å². The van der Waals surface area contributed by atoms with E-state index < -0.39 is 0 Å². The molecule has 1 heterocycles. The maximum atomic E-state index is 8.78. The van der Waals surface area contributed by atoms with E-state index in [1.54, 1.807) is 0 Å². The average Bonchev–Trinajstić information content (AvgIpc) is 2.65. The van der Waals surface area contributed by atoms with Gasteiger partial charge in [-0.05, 0) is 12.1 Å². The molecular weight excluding hydrogens is 194 g/mol. The van der Waals surface area contributed by atoms with Crippen LogP contribution in [0.1, 0.15) is 0 Å². The molecule has 0 saturated carbocycles. The van der Waals surface area contributed by atoms with E-state index in [0.717, 1.165) is 10.6 Å². The molecule has 1 atom stereocenters. The van der Waals surface area contributed by atoms with Gasteiger partial charge in [0.15, 0.2) is 4.86 Å². The lowest BCUT2D eigenvalue weighted by molar-refractivity contribution is 1.43. The zero-order chi connectivity index (χ0) is 9.97. The normalized spacial score (nSPS) is 17.4. The van der Waals surface area contributed by atoms with Crippen LogP contribution < -0.4 is 5.32 Å². The number of hydrogen-bond acceptors (Lipinski definition) is 3. The standard InChI is InChI=1S/C10H7N3S/c11-5-8(6-12)14-7-13-9-3-1-2-4-10(9)14/h1-4,13H,7H2. The molecule has 4 heteroatoms. The first-order valence-electron chi connectivity index (χ1n) is 4.08.